The maximum absolute atomic E-state index is 12.4. The number of piperidine rings is 1. The second-order valence-electron chi connectivity index (χ2n) is 6.06. The highest BCUT2D eigenvalue weighted by Gasteiger charge is 2.29. The number of carbonyl (C=O) groups excluding carboxylic acids is 1. The minimum absolute atomic E-state index is 0.157. The molecule has 0 bridgehead atoms. The van der Waals surface area contributed by atoms with Crippen molar-refractivity contribution in [3.05, 3.63) is 35.9 Å². The van der Waals surface area contributed by atoms with E-state index in [1.54, 1.807) is 0 Å². The zero-order chi connectivity index (χ0) is 13.7. The van der Waals surface area contributed by atoms with Crippen LogP contribution in [0.5, 0.6) is 0 Å². The molecule has 2 rings (SSSR count). The van der Waals surface area contributed by atoms with Crippen molar-refractivity contribution in [2.75, 3.05) is 13.1 Å². The fourth-order valence-electron chi connectivity index (χ4n) is 2.54. The summed E-state index contributed by atoms with van der Waals surface area (Å²) in [5.41, 5.74) is 0.850. The molecule has 1 amide bonds. The van der Waals surface area contributed by atoms with Crippen molar-refractivity contribution < 1.29 is 4.79 Å². The van der Waals surface area contributed by atoms with Gasteiger partial charge in [0.2, 0.25) is 5.91 Å². The van der Waals surface area contributed by atoms with E-state index in [2.05, 4.69) is 22.8 Å². The normalized spacial score (nSPS) is 20.0. The van der Waals surface area contributed by atoms with Gasteiger partial charge in [-0.25, -0.2) is 0 Å². The highest BCUT2D eigenvalue weighted by molar-refractivity contribution is 5.82. The van der Waals surface area contributed by atoms with Crippen molar-refractivity contribution in [2.45, 2.75) is 39.2 Å². The van der Waals surface area contributed by atoms with Crippen LogP contribution < -0.4 is 10.6 Å². The first-order chi connectivity index (χ1) is 9.08. The van der Waals surface area contributed by atoms with Gasteiger partial charge in [-0.1, -0.05) is 44.2 Å². The average molecular weight is 260 g/mol. The first-order valence-electron chi connectivity index (χ1n) is 7.13. The summed E-state index contributed by atoms with van der Waals surface area (Å²) in [6, 6.07) is 10.5. The molecule has 1 aromatic carbocycles. The number of hydrogen-bond donors (Lipinski definition) is 2. The van der Waals surface area contributed by atoms with Crippen LogP contribution in [0.4, 0.5) is 0 Å². The number of benzene rings is 1. The maximum atomic E-state index is 12.4. The smallest absolute Gasteiger partial charge is 0.226 e. The summed E-state index contributed by atoms with van der Waals surface area (Å²) in [4.78, 5) is 12.4. The van der Waals surface area contributed by atoms with Crippen molar-refractivity contribution in [3.8, 4) is 0 Å². The lowest BCUT2D eigenvalue weighted by molar-refractivity contribution is -0.130. The van der Waals surface area contributed by atoms with E-state index in [0.717, 1.165) is 32.4 Å². The van der Waals surface area contributed by atoms with Crippen LogP contribution in [-0.2, 0) is 11.2 Å². The van der Waals surface area contributed by atoms with E-state index in [9.17, 15) is 4.79 Å². The van der Waals surface area contributed by atoms with Crippen LogP contribution in [-0.4, -0.2) is 25.0 Å². The molecule has 1 saturated heterocycles. The first-order valence-corrected chi connectivity index (χ1v) is 7.13. The molecule has 0 spiro atoms. The Kier molecular flexibility index (Phi) is 4.59. The molecule has 1 aromatic rings. The maximum Gasteiger partial charge on any atom is 0.226 e. The Morgan fingerprint density at radius 3 is 2.74 bits per heavy atom. The Morgan fingerprint density at radius 2 is 2.11 bits per heavy atom. The van der Waals surface area contributed by atoms with E-state index >= 15 is 0 Å². The molecule has 0 aliphatic carbocycles. The van der Waals surface area contributed by atoms with Crippen molar-refractivity contribution in [1.82, 2.24) is 10.6 Å². The van der Waals surface area contributed by atoms with Crippen LogP contribution in [0.2, 0.25) is 0 Å². The Hall–Kier alpha value is -1.35. The molecule has 1 fully saturated rings. The highest BCUT2D eigenvalue weighted by atomic mass is 16.2. The van der Waals surface area contributed by atoms with Crippen LogP contribution in [0.25, 0.3) is 0 Å². The number of nitrogens with one attached hydrogen (secondary N) is 2. The van der Waals surface area contributed by atoms with Crippen molar-refractivity contribution in [2.24, 2.45) is 5.41 Å². The van der Waals surface area contributed by atoms with Gasteiger partial charge in [-0.3, -0.25) is 4.79 Å². The zero-order valence-electron chi connectivity index (χ0n) is 11.9. The van der Waals surface area contributed by atoms with E-state index in [1.165, 1.54) is 5.56 Å². The minimum Gasteiger partial charge on any atom is -0.352 e. The fraction of sp³-hybridized carbons (Fsp3) is 0.562. The van der Waals surface area contributed by atoms with Crippen molar-refractivity contribution in [3.63, 3.8) is 0 Å². The van der Waals surface area contributed by atoms with Crippen molar-refractivity contribution in [1.29, 1.82) is 0 Å². The summed E-state index contributed by atoms with van der Waals surface area (Å²) >= 11 is 0. The molecule has 19 heavy (non-hydrogen) atoms. The van der Waals surface area contributed by atoms with Gasteiger partial charge >= 0.3 is 0 Å². The molecule has 1 atom stereocenters. The van der Waals surface area contributed by atoms with Crippen LogP contribution in [0.1, 0.15) is 32.3 Å². The molecule has 3 heteroatoms. The largest absolute Gasteiger partial charge is 0.352 e. The number of carbonyl (C=O) groups is 1. The number of rotatable bonds is 4. The summed E-state index contributed by atoms with van der Waals surface area (Å²) < 4.78 is 0. The quantitative estimate of drug-likeness (QED) is 0.870. The molecule has 0 saturated carbocycles. The van der Waals surface area contributed by atoms with Crippen molar-refractivity contribution >= 4 is 5.91 Å². The Balaban J connectivity index is 1.92. The van der Waals surface area contributed by atoms with Gasteiger partial charge in [0.25, 0.3) is 0 Å². The molecule has 1 unspecified atom stereocenters. The monoisotopic (exact) mass is 260 g/mol. The third kappa shape index (κ3) is 4.06. The fourth-order valence-corrected chi connectivity index (χ4v) is 2.54. The van der Waals surface area contributed by atoms with Gasteiger partial charge in [-0.2, -0.15) is 0 Å². The molecule has 1 aliphatic heterocycles. The van der Waals surface area contributed by atoms with Crippen LogP contribution in [0.15, 0.2) is 30.3 Å². The molecule has 0 radical (unpaired) electrons. The van der Waals surface area contributed by atoms with Gasteiger partial charge in [0.15, 0.2) is 0 Å². The molecular formula is C16H24N2O. The van der Waals surface area contributed by atoms with Crippen LogP contribution >= 0.6 is 0 Å². The van der Waals surface area contributed by atoms with Gasteiger partial charge in [0.05, 0.1) is 0 Å². The van der Waals surface area contributed by atoms with Gasteiger partial charge in [0.1, 0.15) is 0 Å². The summed E-state index contributed by atoms with van der Waals surface area (Å²) in [6.45, 7) is 6.00. The van der Waals surface area contributed by atoms with E-state index in [-0.39, 0.29) is 17.4 Å². The SMILES string of the molecule is CC(C)(Cc1ccccc1)C(=O)NC1CCCNC1. The van der Waals surface area contributed by atoms with Gasteiger partial charge in [0, 0.05) is 18.0 Å². The van der Waals surface area contributed by atoms with Gasteiger partial charge in [-0.15, -0.1) is 0 Å². The second kappa shape index (κ2) is 6.20. The van der Waals surface area contributed by atoms with E-state index < -0.39 is 0 Å². The minimum atomic E-state index is -0.362. The number of amides is 1. The summed E-state index contributed by atoms with van der Waals surface area (Å²) in [7, 11) is 0. The topological polar surface area (TPSA) is 41.1 Å². The molecule has 1 heterocycles. The molecule has 3 nitrogen and oxygen atoms in total. The van der Waals surface area contributed by atoms with E-state index in [0.29, 0.717) is 0 Å². The Morgan fingerprint density at radius 1 is 1.37 bits per heavy atom. The summed E-state index contributed by atoms with van der Waals surface area (Å²) in [6.07, 6.45) is 3.00. The van der Waals surface area contributed by atoms with Crippen LogP contribution in [0.3, 0.4) is 0 Å². The van der Waals surface area contributed by atoms with Crippen LogP contribution in [0, 0.1) is 5.41 Å². The molecule has 1 aliphatic rings. The number of hydrogen-bond acceptors (Lipinski definition) is 2. The molecular weight excluding hydrogens is 236 g/mol. The predicted octanol–water partition coefficient (Wildman–Crippen LogP) is 2.12. The third-order valence-corrected chi connectivity index (χ3v) is 3.74. The lowest BCUT2D eigenvalue weighted by Gasteiger charge is -2.29. The standard InChI is InChI=1S/C16H24N2O/c1-16(2,11-13-7-4-3-5-8-13)15(19)18-14-9-6-10-17-12-14/h3-5,7-8,14,17H,6,9-12H2,1-2H3,(H,18,19). The highest BCUT2D eigenvalue weighted by Crippen LogP contribution is 2.22. The predicted molar refractivity (Wildman–Crippen MR) is 78.0 cm³/mol. The summed E-state index contributed by atoms with van der Waals surface area (Å²) in [5, 5.41) is 6.50. The van der Waals surface area contributed by atoms with Gasteiger partial charge in [-0.05, 0) is 31.4 Å². The second-order valence-corrected chi connectivity index (χ2v) is 6.06. The molecule has 2 N–H and O–H groups in total. The molecule has 104 valence electrons. The third-order valence-electron chi connectivity index (χ3n) is 3.74. The first kappa shape index (κ1) is 14.1. The lowest BCUT2D eigenvalue weighted by Crippen LogP contribution is -2.50. The Labute approximate surface area is 115 Å². The van der Waals surface area contributed by atoms with Gasteiger partial charge < -0.3 is 10.6 Å². The van der Waals surface area contributed by atoms with E-state index in [4.69, 9.17) is 0 Å². The molecule has 0 aromatic heterocycles. The Bertz CT molecular complexity index is 408. The van der Waals surface area contributed by atoms with E-state index in [1.807, 2.05) is 32.0 Å². The average Bonchev–Trinajstić information content (AvgIpc) is 2.40. The summed E-state index contributed by atoms with van der Waals surface area (Å²) in [5.74, 6) is 0.157. The lowest BCUT2D eigenvalue weighted by atomic mass is 9.84. The zero-order valence-corrected chi connectivity index (χ0v) is 11.9.